The zero-order valence-electron chi connectivity index (χ0n) is 23.0. The Morgan fingerprint density at radius 3 is 2.23 bits per heavy atom. The van der Waals surface area contributed by atoms with E-state index in [1.807, 2.05) is 47.4 Å². The number of amides is 3. The minimum Gasteiger partial charge on any atom is -0.378 e. The van der Waals surface area contributed by atoms with E-state index < -0.39 is 5.54 Å². The second kappa shape index (κ2) is 12.2. The van der Waals surface area contributed by atoms with Crippen molar-refractivity contribution < 1.29 is 19.1 Å². The van der Waals surface area contributed by atoms with Gasteiger partial charge >= 0.3 is 0 Å². The molecule has 0 aromatic heterocycles. The average molecular weight is 533 g/mol. The molecule has 3 fully saturated rings. The van der Waals surface area contributed by atoms with Gasteiger partial charge in [0.05, 0.1) is 19.9 Å². The number of anilines is 1. The number of carbonyl (C=O) groups excluding carboxylic acids is 3. The van der Waals surface area contributed by atoms with Crippen molar-refractivity contribution >= 4 is 23.4 Å². The summed E-state index contributed by atoms with van der Waals surface area (Å²) in [6.07, 6.45) is 5.68. The van der Waals surface area contributed by atoms with Crippen molar-refractivity contribution in [2.45, 2.75) is 51.0 Å². The normalized spacial score (nSPS) is 19.2. The van der Waals surface area contributed by atoms with E-state index in [9.17, 15) is 14.4 Å². The molecule has 0 saturated carbocycles. The van der Waals surface area contributed by atoms with Crippen LogP contribution in [0.4, 0.5) is 5.69 Å². The van der Waals surface area contributed by atoms with Crippen LogP contribution in [0.2, 0.25) is 0 Å². The highest BCUT2D eigenvalue weighted by molar-refractivity contribution is 5.97. The summed E-state index contributed by atoms with van der Waals surface area (Å²) in [5.74, 6) is -0.0417. The number of unbranched alkanes of at least 4 members (excludes halogenated alkanes) is 2. The number of nitrogens with zero attached hydrogens (tertiary/aromatic N) is 4. The molecule has 3 saturated heterocycles. The summed E-state index contributed by atoms with van der Waals surface area (Å²) in [7, 11) is 0. The van der Waals surface area contributed by atoms with Gasteiger partial charge in [0.25, 0.3) is 11.8 Å². The molecule has 3 heterocycles. The van der Waals surface area contributed by atoms with Gasteiger partial charge in [-0.05, 0) is 55.5 Å². The van der Waals surface area contributed by atoms with Gasteiger partial charge in [0.2, 0.25) is 5.91 Å². The van der Waals surface area contributed by atoms with E-state index in [-0.39, 0.29) is 24.3 Å². The maximum Gasteiger partial charge on any atom is 0.253 e. The molecule has 5 rings (SSSR count). The molecule has 3 amide bonds. The van der Waals surface area contributed by atoms with E-state index in [0.29, 0.717) is 64.5 Å². The van der Waals surface area contributed by atoms with Gasteiger partial charge in [0.15, 0.2) is 0 Å². The molecule has 0 unspecified atom stereocenters. The number of aryl methyl sites for hydroxylation is 1. The van der Waals surface area contributed by atoms with Crippen LogP contribution in [0.1, 0.15) is 54.9 Å². The van der Waals surface area contributed by atoms with Crippen LogP contribution in [-0.2, 0) is 20.7 Å². The number of para-hydroxylation sites is 1. The minimum atomic E-state index is -0.757. The molecule has 0 aliphatic carbocycles. The lowest BCUT2D eigenvalue weighted by Crippen LogP contribution is -2.57. The summed E-state index contributed by atoms with van der Waals surface area (Å²) in [6.45, 7) is 5.82. The molecular weight excluding hydrogens is 492 g/mol. The zero-order chi connectivity index (χ0) is 27.2. The fourth-order valence-electron chi connectivity index (χ4n) is 6.05. The molecule has 0 bridgehead atoms. The number of hydrogen-bond acceptors (Lipinski definition) is 5. The number of morpholine rings is 1. The lowest BCUT2D eigenvalue weighted by atomic mass is 9.85. The van der Waals surface area contributed by atoms with E-state index in [1.165, 1.54) is 24.8 Å². The lowest BCUT2D eigenvalue weighted by molar-refractivity contribution is -0.143. The third-order valence-corrected chi connectivity index (χ3v) is 8.42. The minimum absolute atomic E-state index is 0.0148. The number of benzene rings is 2. The van der Waals surface area contributed by atoms with Crippen molar-refractivity contribution in [1.82, 2.24) is 14.7 Å². The summed E-state index contributed by atoms with van der Waals surface area (Å²) in [5, 5.41) is 0. The van der Waals surface area contributed by atoms with Crippen molar-refractivity contribution in [2.75, 3.05) is 57.5 Å². The van der Waals surface area contributed by atoms with Gasteiger partial charge in [-0.1, -0.05) is 50.1 Å². The number of carbonyl (C=O) groups is 3. The first kappa shape index (κ1) is 27.2. The first-order valence-corrected chi connectivity index (χ1v) is 14.4. The van der Waals surface area contributed by atoms with Crippen LogP contribution in [-0.4, -0.2) is 90.6 Å². The Balaban J connectivity index is 1.28. The van der Waals surface area contributed by atoms with Crippen molar-refractivity contribution in [3.63, 3.8) is 0 Å². The number of ether oxygens (including phenoxy) is 1. The highest BCUT2D eigenvalue weighted by atomic mass is 16.5. The summed E-state index contributed by atoms with van der Waals surface area (Å²) in [4.78, 5) is 47.8. The van der Waals surface area contributed by atoms with E-state index >= 15 is 0 Å². The summed E-state index contributed by atoms with van der Waals surface area (Å²) >= 11 is 0. The summed E-state index contributed by atoms with van der Waals surface area (Å²) in [6, 6.07) is 17.9. The Morgan fingerprint density at radius 2 is 1.56 bits per heavy atom. The van der Waals surface area contributed by atoms with Gasteiger partial charge in [0, 0.05) is 37.4 Å². The number of rotatable bonds is 8. The Kier molecular flexibility index (Phi) is 8.50. The molecule has 2 aromatic carbocycles. The highest BCUT2D eigenvalue weighted by Gasteiger charge is 2.54. The van der Waals surface area contributed by atoms with E-state index in [4.69, 9.17) is 4.74 Å². The predicted molar refractivity (Wildman–Crippen MR) is 150 cm³/mol. The van der Waals surface area contributed by atoms with Gasteiger partial charge in [-0.25, -0.2) is 0 Å². The van der Waals surface area contributed by atoms with Crippen molar-refractivity contribution in [1.29, 1.82) is 0 Å². The van der Waals surface area contributed by atoms with Gasteiger partial charge in [0.1, 0.15) is 12.1 Å². The number of piperidine rings is 1. The Labute approximate surface area is 231 Å². The van der Waals surface area contributed by atoms with Gasteiger partial charge in [-0.2, -0.15) is 0 Å². The molecule has 8 nitrogen and oxygen atoms in total. The van der Waals surface area contributed by atoms with Crippen LogP contribution >= 0.6 is 0 Å². The van der Waals surface area contributed by atoms with Crippen LogP contribution < -0.4 is 4.90 Å². The van der Waals surface area contributed by atoms with Crippen LogP contribution in [0, 0.1) is 0 Å². The van der Waals surface area contributed by atoms with Crippen molar-refractivity contribution in [3.05, 3.63) is 65.7 Å². The Morgan fingerprint density at radius 1 is 0.872 bits per heavy atom. The SMILES string of the molecule is CCCCCc1ccc(C(=O)N2CCC3(CC2)C(=O)N(CC(=O)N2CCOCC2)CN3c2ccccc2)cc1. The molecule has 2 aromatic rings. The summed E-state index contributed by atoms with van der Waals surface area (Å²) < 4.78 is 5.38. The lowest BCUT2D eigenvalue weighted by Gasteiger charge is -2.43. The molecule has 0 atom stereocenters. The fraction of sp³-hybridized carbons (Fsp3) is 0.516. The van der Waals surface area contributed by atoms with Crippen molar-refractivity contribution in [3.8, 4) is 0 Å². The molecule has 39 heavy (non-hydrogen) atoms. The highest BCUT2D eigenvalue weighted by Crippen LogP contribution is 2.39. The predicted octanol–water partition coefficient (Wildman–Crippen LogP) is 3.56. The first-order chi connectivity index (χ1) is 19.0. The quantitative estimate of drug-likeness (QED) is 0.486. The van der Waals surface area contributed by atoms with Crippen molar-refractivity contribution in [2.24, 2.45) is 0 Å². The molecule has 8 heteroatoms. The second-order valence-corrected chi connectivity index (χ2v) is 10.9. The third kappa shape index (κ3) is 5.81. The fourth-order valence-corrected chi connectivity index (χ4v) is 6.05. The Bertz CT molecular complexity index is 1140. The van der Waals surface area contributed by atoms with Crippen LogP contribution in [0.5, 0.6) is 0 Å². The van der Waals surface area contributed by atoms with Crippen LogP contribution in [0.25, 0.3) is 0 Å². The van der Waals surface area contributed by atoms with Gasteiger partial charge in [-0.3, -0.25) is 14.4 Å². The second-order valence-electron chi connectivity index (χ2n) is 10.9. The Hall–Kier alpha value is -3.39. The van der Waals surface area contributed by atoms with Gasteiger partial charge in [-0.15, -0.1) is 0 Å². The first-order valence-electron chi connectivity index (χ1n) is 14.4. The maximum atomic E-state index is 14.0. The molecule has 3 aliphatic heterocycles. The van der Waals surface area contributed by atoms with Crippen LogP contribution in [0.15, 0.2) is 54.6 Å². The smallest absolute Gasteiger partial charge is 0.253 e. The number of likely N-dealkylation sites (tertiary alicyclic amines) is 1. The average Bonchev–Trinajstić information content (AvgIpc) is 3.24. The molecule has 0 radical (unpaired) electrons. The third-order valence-electron chi connectivity index (χ3n) is 8.42. The molecular formula is C31H40N4O4. The topological polar surface area (TPSA) is 73.4 Å². The zero-order valence-corrected chi connectivity index (χ0v) is 23.0. The maximum absolute atomic E-state index is 14.0. The monoisotopic (exact) mass is 532 g/mol. The standard InChI is InChI=1S/C31H40N4O4/c1-2-3-5-8-25-11-13-26(14-12-25)29(37)33-17-15-31(16-18-33)30(38)34(23-28(36)32-19-21-39-22-20-32)24-35(31)27-9-6-4-7-10-27/h4,6-7,9-14H,2-3,5,8,15-24H2,1H3. The van der Waals surface area contributed by atoms with Gasteiger partial charge < -0.3 is 24.3 Å². The molecule has 0 N–H and O–H groups in total. The summed E-state index contributed by atoms with van der Waals surface area (Å²) in [5.41, 5.74) is 2.16. The molecule has 208 valence electrons. The largest absolute Gasteiger partial charge is 0.378 e. The van der Waals surface area contributed by atoms with Crippen LogP contribution in [0.3, 0.4) is 0 Å². The molecule has 3 aliphatic rings. The van der Waals surface area contributed by atoms with E-state index in [1.54, 1.807) is 9.80 Å². The van der Waals surface area contributed by atoms with E-state index in [2.05, 4.69) is 24.0 Å². The number of hydrogen-bond donors (Lipinski definition) is 0. The molecule has 1 spiro atoms. The van der Waals surface area contributed by atoms with E-state index in [0.717, 1.165) is 12.1 Å².